The van der Waals surface area contributed by atoms with E-state index in [9.17, 15) is 4.79 Å². The van der Waals surface area contributed by atoms with Crippen molar-refractivity contribution in [1.82, 2.24) is 29.9 Å². The highest BCUT2D eigenvalue weighted by atomic mass is 32.1. The van der Waals surface area contributed by atoms with Crippen LogP contribution in [-0.2, 0) is 12.8 Å². The molecular weight excluding hydrogens is 336 g/mol. The van der Waals surface area contributed by atoms with Crippen LogP contribution >= 0.6 is 11.3 Å². The molecule has 1 N–H and O–H groups in total. The Morgan fingerprint density at radius 2 is 2.04 bits per heavy atom. The number of fused-ring (bicyclic) bond motifs is 2. The second-order valence-corrected chi connectivity index (χ2v) is 7.64. The molecule has 1 atom stereocenters. The third-order valence-electron chi connectivity index (χ3n) is 4.48. The molecule has 8 heteroatoms. The zero-order valence-corrected chi connectivity index (χ0v) is 15.4. The first-order chi connectivity index (χ1) is 12.0. The number of nitrogens with zero attached hydrogens (tertiary/aromatic N) is 5. The van der Waals surface area contributed by atoms with Crippen molar-refractivity contribution in [3.8, 4) is 0 Å². The van der Waals surface area contributed by atoms with Crippen LogP contribution in [0.2, 0.25) is 0 Å². The molecular formula is C17H20N6OS. The van der Waals surface area contributed by atoms with Gasteiger partial charge in [-0.2, -0.15) is 0 Å². The second-order valence-electron chi connectivity index (χ2n) is 6.52. The van der Waals surface area contributed by atoms with Gasteiger partial charge in [-0.25, -0.2) is 9.97 Å². The fourth-order valence-electron chi connectivity index (χ4n) is 3.26. The first-order valence-electron chi connectivity index (χ1n) is 8.51. The standard InChI is InChI=1S/C17H20N6OS/c1-9-8-10(2)23-14(21-22-17(23)18-9)15(24)19-11(3)16-20-12-6-4-5-7-13(12)25-16/h8,11H,4-7H2,1-3H3,(H,19,24)/t11-/m0/s1. The lowest BCUT2D eigenvalue weighted by atomic mass is 10.0. The average Bonchev–Trinajstić information content (AvgIpc) is 3.18. The van der Waals surface area contributed by atoms with Gasteiger partial charge in [0.25, 0.3) is 11.7 Å². The van der Waals surface area contributed by atoms with Gasteiger partial charge in [-0.1, -0.05) is 0 Å². The minimum absolute atomic E-state index is 0.158. The summed E-state index contributed by atoms with van der Waals surface area (Å²) in [5.41, 5.74) is 2.94. The molecule has 0 radical (unpaired) electrons. The maximum absolute atomic E-state index is 12.7. The number of carbonyl (C=O) groups is 1. The van der Waals surface area contributed by atoms with E-state index in [1.807, 2.05) is 26.8 Å². The monoisotopic (exact) mass is 356 g/mol. The summed E-state index contributed by atoms with van der Waals surface area (Å²) >= 11 is 1.71. The lowest BCUT2D eigenvalue weighted by Gasteiger charge is -2.11. The lowest BCUT2D eigenvalue weighted by molar-refractivity contribution is 0.0928. The van der Waals surface area contributed by atoms with Crippen LogP contribution in [0.25, 0.3) is 5.78 Å². The van der Waals surface area contributed by atoms with Gasteiger partial charge >= 0.3 is 0 Å². The summed E-state index contributed by atoms with van der Waals surface area (Å²) in [5.74, 6) is 0.440. The molecule has 0 spiro atoms. The smallest absolute Gasteiger partial charge is 0.290 e. The van der Waals surface area contributed by atoms with E-state index in [-0.39, 0.29) is 17.8 Å². The minimum atomic E-state index is -0.262. The van der Waals surface area contributed by atoms with E-state index >= 15 is 0 Å². The van der Waals surface area contributed by atoms with Crippen molar-refractivity contribution < 1.29 is 4.79 Å². The highest BCUT2D eigenvalue weighted by Gasteiger charge is 2.22. The van der Waals surface area contributed by atoms with Crippen molar-refractivity contribution in [1.29, 1.82) is 0 Å². The summed E-state index contributed by atoms with van der Waals surface area (Å²) in [5, 5.41) is 12.0. The Labute approximate surface area is 149 Å². The normalized spacial score (nSPS) is 15.2. The van der Waals surface area contributed by atoms with Crippen molar-refractivity contribution in [3.63, 3.8) is 0 Å². The maximum atomic E-state index is 12.7. The summed E-state index contributed by atoms with van der Waals surface area (Å²) in [6.07, 6.45) is 4.58. The van der Waals surface area contributed by atoms with E-state index in [0.29, 0.717) is 5.78 Å². The average molecular weight is 356 g/mol. The fourth-order valence-corrected chi connectivity index (χ4v) is 4.41. The van der Waals surface area contributed by atoms with Crippen LogP contribution in [0.1, 0.15) is 63.4 Å². The number of thiazole rings is 1. The topological polar surface area (TPSA) is 85.1 Å². The third-order valence-corrected chi connectivity index (χ3v) is 5.82. The first-order valence-corrected chi connectivity index (χ1v) is 9.33. The Balaban J connectivity index is 1.58. The van der Waals surface area contributed by atoms with Gasteiger partial charge in [0.1, 0.15) is 5.01 Å². The molecule has 0 saturated carbocycles. The number of aromatic nitrogens is 5. The van der Waals surface area contributed by atoms with Gasteiger partial charge in [0.15, 0.2) is 0 Å². The number of aryl methyl sites for hydroxylation is 4. The molecule has 7 nitrogen and oxygen atoms in total. The SMILES string of the molecule is Cc1cc(C)n2c(C(=O)N[C@@H](C)c3nc4c(s3)CCCC4)nnc2n1. The Morgan fingerprint density at radius 1 is 1.24 bits per heavy atom. The largest absolute Gasteiger partial charge is 0.340 e. The molecule has 0 unspecified atom stereocenters. The summed E-state index contributed by atoms with van der Waals surface area (Å²) in [7, 11) is 0. The molecule has 3 aromatic heterocycles. The molecule has 1 aliphatic rings. The molecule has 3 heterocycles. The molecule has 3 aromatic rings. The van der Waals surface area contributed by atoms with Crippen molar-refractivity contribution in [3.05, 3.63) is 38.9 Å². The summed E-state index contributed by atoms with van der Waals surface area (Å²) in [6.45, 7) is 5.77. The maximum Gasteiger partial charge on any atom is 0.290 e. The van der Waals surface area contributed by atoms with E-state index in [1.165, 1.54) is 23.4 Å². The van der Waals surface area contributed by atoms with Gasteiger partial charge in [-0.05, 0) is 52.5 Å². The number of nitrogens with one attached hydrogen (secondary N) is 1. The van der Waals surface area contributed by atoms with Crippen LogP contribution in [0.5, 0.6) is 0 Å². The zero-order chi connectivity index (χ0) is 17.6. The molecule has 0 fully saturated rings. The van der Waals surface area contributed by atoms with Gasteiger partial charge in [-0.3, -0.25) is 9.20 Å². The Morgan fingerprint density at radius 3 is 2.84 bits per heavy atom. The van der Waals surface area contributed by atoms with E-state index in [0.717, 1.165) is 29.2 Å². The van der Waals surface area contributed by atoms with Crippen molar-refractivity contribution in [2.75, 3.05) is 0 Å². The molecule has 25 heavy (non-hydrogen) atoms. The predicted molar refractivity (Wildman–Crippen MR) is 94.9 cm³/mol. The summed E-state index contributed by atoms with van der Waals surface area (Å²) in [6, 6.07) is 1.75. The highest BCUT2D eigenvalue weighted by molar-refractivity contribution is 7.11. The van der Waals surface area contributed by atoms with E-state index in [2.05, 4.69) is 20.5 Å². The molecule has 4 rings (SSSR count). The quantitative estimate of drug-likeness (QED) is 0.779. The molecule has 130 valence electrons. The Bertz CT molecular complexity index is 936. The van der Waals surface area contributed by atoms with Crippen molar-refractivity contribution in [2.24, 2.45) is 0 Å². The molecule has 0 aromatic carbocycles. The fraction of sp³-hybridized carbons (Fsp3) is 0.471. The van der Waals surface area contributed by atoms with Crippen LogP contribution in [0, 0.1) is 13.8 Å². The number of carbonyl (C=O) groups excluding carboxylic acids is 1. The third kappa shape index (κ3) is 2.90. The van der Waals surface area contributed by atoms with Crippen molar-refractivity contribution in [2.45, 2.75) is 52.5 Å². The molecule has 0 saturated heterocycles. The molecule has 1 aliphatic carbocycles. The van der Waals surface area contributed by atoms with Gasteiger partial charge < -0.3 is 5.32 Å². The Hall–Kier alpha value is -2.35. The van der Waals surface area contributed by atoms with E-state index in [4.69, 9.17) is 4.98 Å². The van der Waals surface area contributed by atoms with Crippen LogP contribution < -0.4 is 5.32 Å². The molecule has 1 amide bonds. The van der Waals surface area contributed by atoms with Crippen LogP contribution in [0.4, 0.5) is 0 Å². The minimum Gasteiger partial charge on any atom is -0.340 e. The van der Waals surface area contributed by atoms with Crippen LogP contribution in [-0.4, -0.2) is 30.5 Å². The van der Waals surface area contributed by atoms with E-state index in [1.54, 1.807) is 15.7 Å². The summed E-state index contributed by atoms with van der Waals surface area (Å²) in [4.78, 5) is 23.1. The van der Waals surface area contributed by atoms with Crippen molar-refractivity contribution >= 4 is 23.0 Å². The van der Waals surface area contributed by atoms with Gasteiger partial charge in [0.05, 0.1) is 11.7 Å². The summed E-state index contributed by atoms with van der Waals surface area (Å²) < 4.78 is 1.68. The zero-order valence-electron chi connectivity index (χ0n) is 14.5. The number of amides is 1. The number of hydrogen-bond donors (Lipinski definition) is 1. The van der Waals surface area contributed by atoms with Crippen LogP contribution in [0.15, 0.2) is 6.07 Å². The number of rotatable bonds is 3. The van der Waals surface area contributed by atoms with Gasteiger partial charge in [-0.15, -0.1) is 21.5 Å². The van der Waals surface area contributed by atoms with Gasteiger partial charge in [0.2, 0.25) is 5.82 Å². The molecule has 0 bridgehead atoms. The van der Waals surface area contributed by atoms with E-state index < -0.39 is 0 Å². The second kappa shape index (κ2) is 6.18. The van der Waals surface area contributed by atoms with Gasteiger partial charge in [0, 0.05) is 16.3 Å². The molecule has 0 aliphatic heterocycles. The number of hydrogen-bond acceptors (Lipinski definition) is 6. The first kappa shape index (κ1) is 16.1. The lowest BCUT2D eigenvalue weighted by Crippen LogP contribution is -2.28. The Kier molecular flexibility index (Phi) is 3.99. The predicted octanol–water partition coefficient (Wildman–Crippen LogP) is 2.57. The highest BCUT2D eigenvalue weighted by Crippen LogP contribution is 2.29. The van der Waals surface area contributed by atoms with Crippen LogP contribution in [0.3, 0.4) is 0 Å².